The highest BCUT2D eigenvalue weighted by Gasteiger charge is 2.63. The van der Waals surface area contributed by atoms with Crippen molar-refractivity contribution in [2.75, 3.05) is 18.9 Å². The molecule has 4 rings (SSSR count). The van der Waals surface area contributed by atoms with Crippen molar-refractivity contribution in [3.63, 3.8) is 0 Å². The third kappa shape index (κ3) is 1.31. The van der Waals surface area contributed by atoms with E-state index in [1.165, 1.54) is 17.2 Å². The summed E-state index contributed by atoms with van der Waals surface area (Å²) < 4.78 is 26.7. The number of anilines is 1. The molecule has 106 valence electrons. The number of ether oxygens (including phenoxy) is 2. The summed E-state index contributed by atoms with van der Waals surface area (Å²) in [7, 11) is 0. The van der Waals surface area contributed by atoms with Gasteiger partial charge in [-0.2, -0.15) is 0 Å². The second-order valence-electron chi connectivity index (χ2n) is 4.99. The topological polar surface area (TPSA) is 108 Å². The van der Waals surface area contributed by atoms with Crippen molar-refractivity contribution in [2.24, 2.45) is 0 Å². The summed E-state index contributed by atoms with van der Waals surface area (Å²) in [6.07, 6.45) is -0.444. The number of nitrogens with two attached hydrogens (primary N) is 1. The van der Waals surface area contributed by atoms with Crippen LogP contribution in [-0.2, 0) is 9.47 Å². The van der Waals surface area contributed by atoms with Crippen LogP contribution in [0.2, 0.25) is 0 Å². The molecule has 2 aliphatic rings. The Bertz CT molecular complexity index is 675. The normalized spacial score (nSPS) is 36.0. The summed E-state index contributed by atoms with van der Waals surface area (Å²) in [5, 5.41) is 9.40. The number of nitrogen functional groups attached to an aromatic ring is 1. The number of aliphatic hydroxyl groups is 1. The molecule has 4 atom stereocenters. The molecule has 2 saturated heterocycles. The zero-order valence-electron chi connectivity index (χ0n) is 10.3. The van der Waals surface area contributed by atoms with Crippen LogP contribution in [0.5, 0.6) is 0 Å². The fourth-order valence-electron chi connectivity index (χ4n) is 2.74. The molecule has 2 aromatic rings. The van der Waals surface area contributed by atoms with E-state index in [9.17, 15) is 9.50 Å². The minimum absolute atomic E-state index is 0.175. The first-order valence-corrected chi connectivity index (χ1v) is 6.14. The van der Waals surface area contributed by atoms with Gasteiger partial charge in [0.2, 0.25) is 0 Å². The Morgan fingerprint density at radius 1 is 1.50 bits per heavy atom. The molecule has 3 N–H and O–H groups in total. The molecular weight excluding hydrogens is 269 g/mol. The van der Waals surface area contributed by atoms with Crippen LogP contribution in [0.25, 0.3) is 11.2 Å². The highest BCUT2D eigenvalue weighted by molar-refractivity contribution is 5.81. The Morgan fingerprint density at radius 2 is 2.35 bits per heavy atom. The van der Waals surface area contributed by atoms with E-state index in [0.29, 0.717) is 11.2 Å². The fourth-order valence-corrected chi connectivity index (χ4v) is 2.74. The van der Waals surface area contributed by atoms with E-state index < -0.39 is 24.1 Å². The van der Waals surface area contributed by atoms with Crippen molar-refractivity contribution >= 4 is 17.0 Å². The van der Waals surface area contributed by atoms with Crippen molar-refractivity contribution in [3.8, 4) is 0 Å². The smallest absolute Gasteiger partial charge is 0.174 e. The molecule has 0 amide bonds. The van der Waals surface area contributed by atoms with Gasteiger partial charge in [-0.1, -0.05) is 0 Å². The van der Waals surface area contributed by atoms with Crippen molar-refractivity contribution < 1.29 is 19.0 Å². The van der Waals surface area contributed by atoms with Gasteiger partial charge in [0.1, 0.15) is 23.5 Å². The van der Waals surface area contributed by atoms with Gasteiger partial charge in [0.25, 0.3) is 0 Å². The minimum Gasteiger partial charge on any atom is -0.393 e. The largest absolute Gasteiger partial charge is 0.393 e. The van der Waals surface area contributed by atoms with Gasteiger partial charge in [-0.05, 0) is 0 Å². The van der Waals surface area contributed by atoms with Gasteiger partial charge in [-0.3, -0.25) is 4.57 Å². The Morgan fingerprint density at radius 3 is 3.00 bits per heavy atom. The maximum atomic E-state index is 14.4. The maximum absolute atomic E-state index is 14.4. The van der Waals surface area contributed by atoms with Crippen molar-refractivity contribution in [2.45, 2.75) is 24.1 Å². The molecule has 0 bridgehead atoms. The molecule has 9 heteroatoms. The lowest BCUT2D eigenvalue weighted by Crippen LogP contribution is -2.60. The second-order valence-corrected chi connectivity index (χ2v) is 4.99. The minimum atomic E-state index is -1.41. The first-order chi connectivity index (χ1) is 9.66. The number of imidazole rings is 1. The summed E-state index contributed by atoms with van der Waals surface area (Å²) in [5.74, 6) is 0.221. The zero-order chi connectivity index (χ0) is 13.9. The molecule has 0 unspecified atom stereocenters. The highest BCUT2D eigenvalue weighted by Crippen LogP contribution is 2.47. The van der Waals surface area contributed by atoms with E-state index in [4.69, 9.17) is 15.2 Å². The van der Waals surface area contributed by atoms with Crippen LogP contribution in [0.1, 0.15) is 6.23 Å². The zero-order valence-corrected chi connectivity index (χ0v) is 10.3. The standard InChI is InChI=1S/C11H12FN5O3/c12-5-7-11(1-18,2-19-7)20-10(5)17-4-16-6-8(13)14-3-15-9(6)17/h3-5,7,10,18H,1-2H2,(H2,13,14,15)/t5-,7+,10-,11+/m1/s1. The quantitative estimate of drug-likeness (QED) is 0.757. The van der Waals surface area contributed by atoms with E-state index in [-0.39, 0.29) is 19.0 Å². The lowest BCUT2D eigenvalue weighted by atomic mass is 9.92. The molecule has 2 aromatic heterocycles. The van der Waals surface area contributed by atoms with Gasteiger partial charge in [-0.15, -0.1) is 0 Å². The number of rotatable bonds is 2. The fraction of sp³-hybridized carbons (Fsp3) is 0.545. The highest BCUT2D eigenvalue weighted by atomic mass is 19.1. The van der Waals surface area contributed by atoms with E-state index in [1.54, 1.807) is 0 Å². The van der Waals surface area contributed by atoms with E-state index in [2.05, 4.69) is 15.0 Å². The molecule has 8 nitrogen and oxygen atoms in total. The average molecular weight is 281 g/mol. The van der Waals surface area contributed by atoms with Crippen LogP contribution in [0.15, 0.2) is 12.7 Å². The Labute approximate surface area is 112 Å². The van der Waals surface area contributed by atoms with Crippen LogP contribution < -0.4 is 5.73 Å². The van der Waals surface area contributed by atoms with E-state index in [0.717, 1.165) is 0 Å². The molecule has 0 aromatic carbocycles. The number of hydrogen-bond acceptors (Lipinski definition) is 7. The molecule has 0 aliphatic carbocycles. The Kier molecular flexibility index (Phi) is 2.29. The van der Waals surface area contributed by atoms with E-state index >= 15 is 0 Å². The Balaban J connectivity index is 1.79. The number of aromatic nitrogens is 4. The number of aliphatic hydroxyl groups excluding tert-OH is 1. The number of hydrogen-bond donors (Lipinski definition) is 2. The SMILES string of the molecule is Nc1ncnc2c1ncn2[C@@H]1O[C@@]2(CO)CO[C@H]2[C@H]1F. The van der Waals surface area contributed by atoms with Crippen molar-refractivity contribution in [1.82, 2.24) is 19.5 Å². The molecule has 0 spiro atoms. The van der Waals surface area contributed by atoms with E-state index in [1.807, 2.05) is 0 Å². The van der Waals surface area contributed by atoms with Crippen molar-refractivity contribution in [3.05, 3.63) is 12.7 Å². The van der Waals surface area contributed by atoms with Crippen LogP contribution in [0.3, 0.4) is 0 Å². The van der Waals surface area contributed by atoms with Crippen LogP contribution in [-0.4, -0.2) is 55.7 Å². The third-order valence-corrected chi connectivity index (χ3v) is 3.87. The molecule has 4 heterocycles. The number of alkyl halides is 1. The average Bonchev–Trinajstić information content (AvgIpc) is 2.91. The predicted octanol–water partition coefficient (Wildman–Crippen LogP) is -0.595. The maximum Gasteiger partial charge on any atom is 0.174 e. The number of fused-ring (bicyclic) bond motifs is 2. The number of halogens is 1. The molecule has 2 fully saturated rings. The van der Waals surface area contributed by atoms with Crippen LogP contribution in [0, 0.1) is 0 Å². The van der Waals surface area contributed by atoms with Gasteiger partial charge in [-0.25, -0.2) is 19.3 Å². The lowest BCUT2D eigenvalue weighted by Gasteiger charge is -2.41. The number of nitrogens with zero attached hydrogens (tertiary/aromatic N) is 4. The summed E-state index contributed by atoms with van der Waals surface area (Å²) in [5.41, 5.74) is 5.50. The first-order valence-electron chi connectivity index (χ1n) is 6.14. The second kappa shape index (κ2) is 3.84. The molecule has 2 aliphatic heterocycles. The van der Waals surface area contributed by atoms with Crippen LogP contribution >= 0.6 is 0 Å². The Hall–Kier alpha value is -1.84. The molecule has 20 heavy (non-hydrogen) atoms. The lowest BCUT2D eigenvalue weighted by molar-refractivity contribution is -0.244. The summed E-state index contributed by atoms with van der Waals surface area (Å²) >= 11 is 0. The van der Waals surface area contributed by atoms with Gasteiger partial charge in [0, 0.05) is 0 Å². The van der Waals surface area contributed by atoms with Gasteiger partial charge in [0.05, 0.1) is 19.5 Å². The van der Waals surface area contributed by atoms with Crippen molar-refractivity contribution in [1.29, 1.82) is 0 Å². The molecular formula is C11H12FN5O3. The predicted molar refractivity (Wildman–Crippen MR) is 64.3 cm³/mol. The summed E-state index contributed by atoms with van der Waals surface area (Å²) in [6, 6.07) is 0. The monoisotopic (exact) mass is 281 g/mol. The molecule has 0 radical (unpaired) electrons. The third-order valence-electron chi connectivity index (χ3n) is 3.87. The first kappa shape index (κ1) is 11.9. The van der Waals surface area contributed by atoms with Gasteiger partial charge >= 0.3 is 0 Å². The van der Waals surface area contributed by atoms with Gasteiger partial charge in [0.15, 0.2) is 23.9 Å². The summed E-state index contributed by atoms with van der Waals surface area (Å²) in [4.78, 5) is 12.0. The molecule has 0 saturated carbocycles. The van der Waals surface area contributed by atoms with Crippen LogP contribution in [0.4, 0.5) is 10.2 Å². The summed E-state index contributed by atoms with van der Waals surface area (Å²) in [6.45, 7) is -0.118. The van der Waals surface area contributed by atoms with Gasteiger partial charge < -0.3 is 20.3 Å².